The minimum atomic E-state index is -3.64. The average Bonchev–Trinajstić information content (AvgIpc) is 3.00. The van der Waals surface area contributed by atoms with Crippen LogP contribution in [0.25, 0.3) is 0 Å². The lowest BCUT2D eigenvalue weighted by Gasteiger charge is -2.33. The standard InChI is InChI=1S/C16H19ClN4O4S/c1-12-10-15(19-25-12)18-16(22)11-20-6-8-21(9-7-20)26(23,24)14-5-3-2-4-13(14)17/h2-5,10H,6-9,11H2,1H3,(H,18,19,22). The van der Waals surface area contributed by atoms with Gasteiger partial charge in [-0.25, -0.2) is 8.42 Å². The number of anilines is 1. The van der Waals surface area contributed by atoms with Crippen LogP contribution in [-0.4, -0.2) is 61.4 Å². The SMILES string of the molecule is Cc1cc(NC(=O)CN2CCN(S(=O)(=O)c3ccccc3Cl)CC2)no1. The number of aryl methyl sites for hydroxylation is 1. The molecule has 1 saturated heterocycles. The van der Waals surface area contributed by atoms with E-state index in [0.717, 1.165) is 0 Å². The molecule has 1 fully saturated rings. The van der Waals surface area contributed by atoms with Gasteiger partial charge in [-0.3, -0.25) is 9.69 Å². The van der Waals surface area contributed by atoms with Crippen LogP contribution in [0, 0.1) is 6.92 Å². The molecule has 1 aromatic carbocycles. The van der Waals surface area contributed by atoms with Crippen molar-refractivity contribution in [2.75, 3.05) is 38.0 Å². The fourth-order valence-electron chi connectivity index (χ4n) is 2.73. The number of nitrogens with zero attached hydrogens (tertiary/aromatic N) is 3. The Labute approximate surface area is 156 Å². The number of amides is 1. The van der Waals surface area contributed by atoms with Crippen LogP contribution in [0.5, 0.6) is 0 Å². The molecule has 0 spiro atoms. The number of aromatic nitrogens is 1. The molecule has 0 unspecified atom stereocenters. The first-order valence-corrected chi connectivity index (χ1v) is 9.88. The van der Waals surface area contributed by atoms with E-state index in [1.165, 1.54) is 10.4 Å². The second-order valence-electron chi connectivity index (χ2n) is 5.98. The molecule has 0 bridgehead atoms. The second-order valence-corrected chi connectivity index (χ2v) is 8.30. The lowest BCUT2D eigenvalue weighted by molar-refractivity contribution is -0.117. The van der Waals surface area contributed by atoms with E-state index in [1.54, 1.807) is 31.2 Å². The van der Waals surface area contributed by atoms with Crippen molar-refractivity contribution in [3.8, 4) is 0 Å². The maximum Gasteiger partial charge on any atom is 0.244 e. The fraction of sp³-hybridized carbons (Fsp3) is 0.375. The van der Waals surface area contributed by atoms with Crippen LogP contribution in [0.1, 0.15) is 5.76 Å². The molecular formula is C16H19ClN4O4S. The third-order valence-electron chi connectivity index (χ3n) is 4.05. The predicted molar refractivity (Wildman–Crippen MR) is 96.5 cm³/mol. The lowest BCUT2D eigenvalue weighted by Crippen LogP contribution is -2.50. The number of carbonyl (C=O) groups excluding carboxylic acids is 1. The van der Waals surface area contributed by atoms with Gasteiger partial charge < -0.3 is 9.84 Å². The summed E-state index contributed by atoms with van der Waals surface area (Å²) in [6.45, 7) is 3.39. The molecule has 2 aromatic rings. The van der Waals surface area contributed by atoms with Gasteiger partial charge in [0.2, 0.25) is 15.9 Å². The van der Waals surface area contributed by atoms with E-state index in [0.29, 0.717) is 37.8 Å². The highest BCUT2D eigenvalue weighted by Gasteiger charge is 2.30. The highest BCUT2D eigenvalue weighted by atomic mass is 35.5. The number of carbonyl (C=O) groups is 1. The maximum atomic E-state index is 12.7. The number of nitrogens with one attached hydrogen (secondary N) is 1. The smallest absolute Gasteiger partial charge is 0.244 e. The van der Waals surface area contributed by atoms with E-state index in [2.05, 4.69) is 10.5 Å². The molecule has 0 saturated carbocycles. The number of hydrogen-bond acceptors (Lipinski definition) is 6. The molecule has 0 aliphatic carbocycles. The first-order chi connectivity index (χ1) is 12.4. The predicted octanol–water partition coefficient (Wildman–Crippen LogP) is 1.58. The molecule has 1 N–H and O–H groups in total. The molecule has 3 rings (SSSR count). The van der Waals surface area contributed by atoms with Crippen LogP contribution < -0.4 is 5.32 Å². The van der Waals surface area contributed by atoms with Crippen LogP contribution in [0.15, 0.2) is 39.8 Å². The average molecular weight is 399 g/mol. The third-order valence-corrected chi connectivity index (χ3v) is 6.45. The van der Waals surface area contributed by atoms with E-state index >= 15 is 0 Å². The van der Waals surface area contributed by atoms with Crippen LogP contribution in [-0.2, 0) is 14.8 Å². The van der Waals surface area contributed by atoms with Crippen LogP contribution >= 0.6 is 11.6 Å². The fourth-order valence-corrected chi connectivity index (χ4v) is 4.65. The molecule has 2 heterocycles. The third kappa shape index (κ3) is 4.24. The van der Waals surface area contributed by atoms with Gasteiger partial charge in [-0.05, 0) is 19.1 Å². The van der Waals surface area contributed by atoms with Crippen molar-refractivity contribution in [1.82, 2.24) is 14.4 Å². The van der Waals surface area contributed by atoms with Crippen molar-refractivity contribution >= 4 is 33.3 Å². The van der Waals surface area contributed by atoms with E-state index < -0.39 is 10.0 Å². The Morgan fingerprint density at radius 3 is 2.58 bits per heavy atom. The van der Waals surface area contributed by atoms with Crippen molar-refractivity contribution in [3.05, 3.63) is 41.1 Å². The Balaban J connectivity index is 1.55. The minimum absolute atomic E-state index is 0.106. The number of halogens is 1. The van der Waals surface area contributed by atoms with Gasteiger partial charge in [0, 0.05) is 32.2 Å². The highest BCUT2D eigenvalue weighted by Crippen LogP contribution is 2.24. The van der Waals surface area contributed by atoms with E-state index in [4.69, 9.17) is 16.1 Å². The summed E-state index contributed by atoms with van der Waals surface area (Å²) in [5, 5.41) is 6.57. The maximum absolute atomic E-state index is 12.7. The second kappa shape index (κ2) is 7.75. The first kappa shape index (κ1) is 18.8. The molecule has 1 amide bonds. The first-order valence-electron chi connectivity index (χ1n) is 8.06. The highest BCUT2D eigenvalue weighted by molar-refractivity contribution is 7.89. The molecule has 0 radical (unpaired) electrons. The molecule has 26 heavy (non-hydrogen) atoms. The molecular weight excluding hydrogens is 380 g/mol. The number of rotatable bonds is 5. The summed E-state index contributed by atoms with van der Waals surface area (Å²) in [6.07, 6.45) is 0. The number of piperazine rings is 1. The van der Waals surface area contributed by atoms with E-state index in [9.17, 15) is 13.2 Å². The Bertz CT molecular complexity index is 891. The summed E-state index contributed by atoms with van der Waals surface area (Å²) in [6, 6.07) is 8.02. The van der Waals surface area contributed by atoms with Gasteiger partial charge in [-0.2, -0.15) is 4.31 Å². The normalized spacial score (nSPS) is 16.5. The summed E-state index contributed by atoms with van der Waals surface area (Å²) in [5.74, 6) is 0.756. The summed E-state index contributed by atoms with van der Waals surface area (Å²) in [5.41, 5.74) is 0. The van der Waals surface area contributed by atoms with Crippen LogP contribution in [0.4, 0.5) is 5.82 Å². The summed E-state index contributed by atoms with van der Waals surface area (Å²) >= 11 is 6.02. The number of hydrogen-bond donors (Lipinski definition) is 1. The largest absolute Gasteiger partial charge is 0.360 e. The molecule has 0 atom stereocenters. The quantitative estimate of drug-likeness (QED) is 0.821. The van der Waals surface area contributed by atoms with Gasteiger partial charge in [0.25, 0.3) is 0 Å². The molecule has 10 heteroatoms. The molecule has 8 nitrogen and oxygen atoms in total. The Kier molecular flexibility index (Phi) is 5.61. The van der Waals surface area contributed by atoms with Crippen molar-refractivity contribution in [1.29, 1.82) is 0 Å². The zero-order chi connectivity index (χ0) is 18.7. The molecule has 1 aliphatic rings. The van der Waals surface area contributed by atoms with E-state index in [-0.39, 0.29) is 22.4 Å². The van der Waals surface area contributed by atoms with Crippen molar-refractivity contribution in [2.45, 2.75) is 11.8 Å². The number of sulfonamides is 1. The van der Waals surface area contributed by atoms with Gasteiger partial charge in [0.1, 0.15) is 10.7 Å². The summed E-state index contributed by atoms with van der Waals surface area (Å²) in [7, 11) is -3.64. The van der Waals surface area contributed by atoms with E-state index in [1.807, 2.05) is 4.90 Å². The van der Waals surface area contributed by atoms with Gasteiger partial charge in [0.05, 0.1) is 11.6 Å². The van der Waals surface area contributed by atoms with Crippen LogP contribution in [0.3, 0.4) is 0 Å². The minimum Gasteiger partial charge on any atom is -0.360 e. The van der Waals surface area contributed by atoms with Gasteiger partial charge in [-0.1, -0.05) is 28.9 Å². The lowest BCUT2D eigenvalue weighted by atomic mass is 10.3. The zero-order valence-corrected chi connectivity index (χ0v) is 15.8. The Morgan fingerprint density at radius 2 is 1.96 bits per heavy atom. The van der Waals surface area contributed by atoms with Crippen molar-refractivity contribution in [2.24, 2.45) is 0 Å². The molecule has 1 aliphatic heterocycles. The summed E-state index contributed by atoms with van der Waals surface area (Å²) in [4.78, 5) is 14.0. The van der Waals surface area contributed by atoms with Crippen molar-refractivity contribution < 1.29 is 17.7 Å². The summed E-state index contributed by atoms with van der Waals surface area (Å²) < 4.78 is 31.7. The topological polar surface area (TPSA) is 95.8 Å². The molecule has 140 valence electrons. The Morgan fingerprint density at radius 1 is 1.27 bits per heavy atom. The van der Waals surface area contributed by atoms with Gasteiger partial charge in [-0.15, -0.1) is 0 Å². The zero-order valence-electron chi connectivity index (χ0n) is 14.2. The number of benzene rings is 1. The monoisotopic (exact) mass is 398 g/mol. The van der Waals surface area contributed by atoms with Gasteiger partial charge >= 0.3 is 0 Å². The molecule has 1 aromatic heterocycles. The van der Waals surface area contributed by atoms with Gasteiger partial charge in [0.15, 0.2) is 5.82 Å². The van der Waals surface area contributed by atoms with Crippen molar-refractivity contribution in [3.63, 3.8) is 0 Å². The Hall–Kier alpha value is -1.94. The van der Waals surface area contributed by atoms with Crippen LogP contribution in [0.2, 0.25) is 5.02 Å².